The first-order valence-electron chi connectivity index (χ1n) is 5.32. The van der Waals surface area contributed by atoms with Gasteiger partial charge in [-0.05, 0) is 28.4 Å². The SMILES string of the molecule is C=CCN(CCC)C(=O)c1cc(Br)cn1C. The molecule has 4 heteroatoms. The molecule has 1 rings (SSSR count). The fraction of sp³-hybridized carbons (Fsp3) is 0.417. The zero-order valence-corrected chi connectivity index (χ0v) is 11.3. The van der Waals surface area contributed by atoms with Crippen molar-refractivity contribution < 1.29 is 4.79 Å². The van der Waals surface area contributed by atoms with Crippen LogP contribution in [0.4, 0.5) is 0 Å². The van der Waals surface area contributed by atoms with Crippen LogP contribution in [0.15, 0.2) is 29.4 Å². The predicted molar refractivity (Wildman–Crippen MR) is 69.5 cm³/mol. The van der Waals surface area contributed by atoms with E-state index in [2.05, 4.69) is 29.4 Å². The summed E-state index contributed by atoms with van der Waals surface area (Å²) in [5.74, 6) is 0.0509. The highest BCUT2D eigenvalue weighted by Crippen LogP contribution is 2.15. The van der Waals surface area contributed by atoms with Crippen molar-refractivity contribution in [3.05, 3.63) is 35.1 Å². The summed E-state index contributed by atoms with van der Waals surface area (Å²) in [4.78, 5) is 14.0. The van der Waals surface area contributed by atoms with Crippen LogP contribution in [-0.4, -0.2) is 28.5 Å². The summed E-state index contributed by atoms with van der Waals surface area (Å²) in [6, 6.07) is 1.84. The van der Waals surface area contributed by atoms with Gasteiger partial charge in [-0.25, -0.2) is 0 Å². The number of carbonyl (C=O) groups excluding carboxylic acids is 1. The molecule has 16 heavy (non-hydrogen) atoms. The lowest BCUT2D eigenvalue weighted by Crippen LogP contribution is -2.33. The molecule has 0 unspecified atom stereocenters. The molecule has 0 aliphatic rings. The van der Waals surface area contributed by atoms with Gasteiger partial charge in [-0.1, -0.05) is 13.0 Å². The zero-order valence-electron chi connectivity index (χ0n) is 9.74. The van der Waals surface area contributed by atoms with Crippen LogP contribution < -0.4 is 0 Å². The molecule has 0 bridgehead atoms. The lowest BCUT2D eigenvalue weighted by molar-refractivity contribution is 0.0764. The summed E-state index contributed by atoms with van der Waals surface area (Å²) in [6.07, 6.45) is 4.59. The Labute approximate surface area is 105 Å². The first-order valence-corrected chi connectivity index (χ1v) is 6.11. The summed E-state index contributed by atoms with van der Waals surface area (Å²) in [6.45, 7) is 7.09. The van der Waals surface area contributed by atoms with Crippen molar-refractivity contribution >= 4 is 21.8 Å². The van der Waals surface area contributed by atoms with Gasteiger partial charge in [-0.2, -0.15) is 0 Å². The highest BCUT2D eigenvalue weighted by Gasteiger charge is 2.17. The third-order valence-electron chi connectivity index (χ3n) is 2.32. The summed E-state index contributed by atoms with van der Waals surface area (Å²) in [5.41, 5.74) is 0.696. The summed E-state index contributed by atoms with van der Waals surface area (Å²) in [5, 5.41) is 0. The minimum absolute atomic E-state index is 0.0509. The normalized spacial score (nSPS) is 10.2. The highest BCUT2D eigenvalue weighted by molar-refractivity contribution is 9.10. The number of amides is 1. The standard InChI is InChI=1S/C12H17BrN2O/c1-4-6-15(7-5-2)12(16)11-8-10(13)9-14(11)3/h4,8-9H,1,5-7H2,2-3H3. The first-order chi connectivity index (χ1) is 7.60. The van der Waals surface area contributed by atoms with Gasteiger partial charge in [-0.15, -0.1) is 6.58 Å². The molecule has 0 radical (unpaired) electrons. The smallest absolute Gasteiger partial charge is 0.270 e. The number of nitrogens with zero attached hydrogens (tertiary/aromatic N) is 2. The van der Waals surface area contributed by atoms with Crippen molar-refractivity contribution in [2.45, 2.75) is 13.3 Å². The highest BCUT2D eigenvalue weighted by atomic mass is 79.9. The topological polar surface area (TPSA) is 25.2 Å². The van der Waals surface area contributed by atoms with Crippen LogP contribution in [0, 0.1) is 0 Å². The maximum Gasteiger partial charge on any atom is 0.270 e. The van der Waals surface area contributed by atoms with E-state index in [9.17, 15) is 4.79 Å². The quantitative estimate of drug-likeness (QED) is 0.764. The molecule has 1 heterocycles. The van der Waals surface area contributed by atoms with Gasteiger partial charge in [0, 0.05) is 30.8 Å². The molecule has 0 saturated carbocycles. The molecule has 0 aliphatic carbocycles. The maximum atomic E-state index is 12.2. The second-order valence-corrected chi connectivity index (χ2v) is 4.61. The van der Waals surface area contributed by atoms with E-state index < -0.39 is 0 Å². The number of carbonyl (C=O) groups is 1. The van der Waals surface area contributed by atoms with Crippen molar-refractivity contribution in [3.63, 3.8) is 0 Å². The van der Waals surface area contributed by atoms with Gasteiger partial charge in [0.25, 0.3) is 5.91 Å². The van der Waals surface area contributed by atoms with Gasteiger partial charge >= 0.3 is 0 Å². The summed E-state index contributed by atoms with van der Waals surface area (Å²) in [7, 11) is 1.87. The number of hydrogen-bond donors (Lipinski definition) is 0. The summed E-state index contributed by atoms with van der Waals surface area (Å²) >= 11 is 3.37. The molecule has 1 amide bonds. The van der Waals surface area contributed by atoms with Crippen LogP contribution in [0.5, 0.6) is 0 Å². The fourth-order valence-electron chi connectivity index (χ4n) is 1.60. The van der Waals surface area contributed by atoms with E-state index >= 15 is 0 Å². The molecular formula is C12H17BrN2O. The average molecular weight is 285 g/mol. The lowest BCUT2D eigenvalue weighted by Gasteiger charge is -2.20. The Morgan fingerprint density at radius 2 is 2.38 bits per heavy atom. The molecule has 0 atom stereocenters. The minimum Gasteiger partial charge on any atom is -0.345 e. The largest absolute Gasteiger partial charge is 0.345 e. The Morgan fingerprint density at radius 3 is 2.81 bits per heavy atom. The van der Waals surface area contributed by atoms with E-state index in [1.165, 1.54) is 0 Å². The van der Waals surface area contributed by atoms with Crippen molar-refractivity contribution in [2.75, 3.05) is 13.1 Å². The van der Waals surface area contributed by atoms with Gasteiger partial charge < -0.3 is 9.47 Å². The molecule has 1 aromatic heterocycles. The molecule has 88 valence electrons. The minimum atomic E-state index is 0.0509. The van der Waals surface area contributed by atoms with Gasteiger partial charge in [0.15, 0.2) is 0 Å². The Morgan fingerprint density at radius 1 is 1.69 bits per heavy atom. The Bertz CT molecular complexity index is 384. The van der Waals surface area contributed by atoms with E-state index in [-0.39, 0.29) is 5.91 Å². The number of halogens is 1. The van der Waals surface area contributed by atoms with Gasteiger partial charge in [0.05, 0.1) is 0 Å². The van der Waals surface area contributed by atoms with Crippen molar-refractivity contribution in [2.24, 2.45) is 7.05 Å². The predicted octanol–water partition coefficient (Wildman–Crippen LogP) is 2.83. The maximum absolute atomic E-state index is 12.2. The number of hydrogen-bond acceptors (Lipinski definition) is 1. The van der Waals surface area contributed by atoms with Crippen LogP contribution in [0.3, 0.4) is 0 Å². The number of aromatic nitrogens is 1. The summed E-state index contributed by atoms with van der Waals surface area (Å²) < 4.78 is 2.76. The number of aryl methyl sites for hydroxylation is 1. The van der Waals surface area contributed by atoms with Crippen molar-refractivity contribution in [1.29, 1.82) is 0 Å². The van der Waals surface area contributed by atoms with Crippen LogP contribution in [-0.2, 0) is 7.05 Å². The zero-order chi connectivity index (χ0) is 12.1. The Balaban J connectivity index is 2.89. The van der Waals surface area contributed by atoms with Crippen LogP contribution >= 0.6 is 15.9 Å². The lowest BCUT2D eigenvalue weighted by atomic mass is 10.3. The molecule has 0 saturated heterocycles. The second-order valence-electron chi connectivity index (χ2n) is 3.69. The molecule has 0 fully saturated rings. The van der Waals surface area contributed by atoms with Crippen LogP contribution in [0.2, 0.25) is 0 Å². The molecular weight excluding hydrogens is 268 g/mol. The first kappa shape index (κ1) is 13.0. The van der Waals surface area contributed by atoms with Crippen molar-refractivity contribution in [1.82, 2.24) is 9.47 Å². The van der Waals surface area contributed by atoms with Crippen molar-refractivity contribution in [3.8, 4) is 0 Å². The molecule has 1 aromatic rings. The molecule has 0 aromatic carbocycles. The van der Waals surface area contributed by atoms with Crippen LogP contribution in [0.25, 0.3) is 0 Å². The molecule has 3 nitrogen and oxygen atoms in total. The van der Waals surface area contributed by atoms with E-state index in [4.69, 9.17) is 0 Å². The van der Waals surface area contributed by atoms with Gasteiger partial charge in [0.2, 0.25) is 0 Å². The number of rotatable bonds is 5. The third kappa shape index (κ3) is 2.98. The van der Waals surface area contributed by atoms with E-state index in [1.807, 2.05) is 23.9 Å². The van der Waals surface area contributed by atoms with Crippen LogP contribution in [0.1, 0.15) is 23.8 Å². The van der Waals surface area contributed by atoms with E-state index in [0.29, 0.717) is 12.2 Å². The molecule has 0 spiro atoms. The van der Waals surface area contributed by atoms with Gasteiger partial charge in [0.1, 0.15) is 5.69 Å². The van der Waals surface area contributed by atoms with E-state index in [0.717, 1.165) is 17.4 Å². The average Bonchev–Trinajstić information content (AvgIpc) is 2.56. The fourth-order valence-corrected chi connectivity index (χ4v) is 2.12. The Kier molecular flexibility index (Phi) is 4.80. The van der Waals surface area contributed by atoms with E-state index in [1.54, 1.807) is 11.0 Å². The second kappa shape index (κ2) is 5.89. The molecule has 0 N–H and O–H groups in total. The third-order valence-corrected chi connectivity index (χ3v) is 2.75. The monoisotopic (exact) mass is 284 g/mol. The molecule has 0 aliphatic heterocycles. The van der Waals surface area contributed by atoms with Gasteiger partial charge in [-0.3, -0.25) is 4.79 Å². The Hall–Kier alpha value is -1.03.